The maximum atomic E-state index is 12.9. The van der Waals surface area contributed by atoms with Gasteiger partial charge < -0.3 is 4.84 Å². The van der Waals surface area contributed by atoms with Gasteiger partial charge in [-0.05, 0) is 30.3 Å². The Labute approximate surface area is 165 Å². The van der Waals surface area contributed by atoms with Crippen molar-refractivity contribution in [1.82, 2.24) is 4.98 Å². The van der Waals surface area contributed by atoms with Crippen molar-refractivity contribution >= 4 is 46.4 Å². The number of amides is 2. The van der Waals surface area contributed by atoms with E-state index in [1.165, 1.54) is 24.3 Å². The molecule has 2 aliphatic rings. The SMILES string of the molecule is O=C1[C@@H]2C(c3ncc(C(F)(F)F)cc3Cl)=NO[C@@H]2C(=O)N1c1ccc(Cl)cc1. The van der Waals surface area contributed by atoms with Crippen molar-refractivity contribution in [2.75, 3.05) is 4.90 Å². The van der Waals surface area contributed by atoms with Gasteiger partial charge in [0.05, 0.1) is 16.3 Å². The maximum Gasteiger partial charge on any atom is 0.417 e. The number of fused-ring (bicyclic) bond motifs is 1. The summed E-state index contributed by atoms with van der Waals surface area (Å²) in [6.07, 6.45) is -5.29. The van der Waals surface area contributed by atoms with Crippen LogP contribution in [0.25, 0.3) is 0 Å². The minimum Gasteiger partial charge on any atom is -0.381 e. The molecule has 144 valence electrons. The lowest BCUT2D eigenvalue weighted by molar-refractivity contribution is -0.137. The summed E-state index contributed by atoms with van der Waals surface area (Å²) >= 11 is 11.8. The van der Waals surface area contributed by atoms with Crippen LogP contribution < -0.4 is 4.90 Å². The molecule has 1 fully saturated rings. The summed E-state index contributed by atoms with van der Waals surface area (Å²) in [5.74, 6) is -2.46. The van der Waals surface area contributed by atoms with Crippen LogP contribution in [-0.2, 0) is 20.6 Å². The van der Waals surface area contributed by atoms with Crippen LogP contribution in [0.3, 0.4) is 0 Å². The molecule has 0 spiro atoms. The van der Waals surface area contributed by atoms with Gasteiger partial charge in [-0.15, -0.1) is 0 Å². The van der Waals surface area contributed by atoms with Gasteiger partial charge in [-0.2, -0.15) is 13.2 Å². The second-order valence-electron chi connectivity index (χ2n) is 6.02. The molecule has 11 heteroatoms. The van der Waals surface area contributed by atoms with E-state index in [1.54, 1.807) is 0 Å². The lowest BCUT2D eigenvalue weighted by Crippen LogP contribution is -2.33. The van der Waals surface area contributed by atoms with E-state index in [-0.39, 0.29) is 22.1 Å². The van der Waals surface area contributed by atoms with Crippen molar-refractivity contribution in [2.24, 2.45) is 11.1 Å². The molecule has 0 radical (unpaired) electrons. The monoisotopic (exact) mass is 429 g/mol. The Kier molecular flexibility index (Phi) is 4.31. The molecule has 3 heterocycles. The van der Waals surface area contributed by atoms with E-state index in [2.05, 4.69) is 10.1 Å². The molecule has 1 aromatic heterocycles. The number of benzene rings is 1. The van der Waals surface area contributed by atoms with Gasteiger partial charge in [0.25, 0.3) is 5.91 Å². The van der Waals surface area contributed by atoms with Crippen molar-refractivity contribution < 1.29 is 27.6 Å². The molecule has 0 saturated carbocycles. The van der Waals surface area contributed by atoms with Crippen molar-refractivity contribution in [2.45, 2.75) is 12.3 Å². The average Bonchev–Trinajstić information content (AvgIpc) is 3.16. The summed E-state index contributed by atoms with van der Waals surface area (Å²) in [7, 11) is 0. The lowest BCUT2D eigenvalue weighted by atomic mass is 9.96. The van der Waals surface area contributed by atoms with Crippen LogP contribution in [0, 0.1) is 5.92 Å². The first-order valence-electron chi connectivity index (χ1n) is 7.78. The number of pyridine rings is 1. The predicted octanol–water partition coefficient (Wildman–Crippen LogP) is 3.70. The van der Waals surface area contributed by atoms with Gasteiger partial charge in [-0.25, -0.2) is 4.90 Å². The second kappa shape index (κ2) is 6.46. The number of nitrogens with zero attached hydrogens (tertiary/aromatic N) is 3. The first-order chi connectivity index (χ1) is 13.2. The minimum absolute atomic E-state index is 0.0986. The van der Waals surface area contributed by atoms with Gasteiger partial charge in [0.15, 0.2) is 0 Å². The van der Waals surface area contributed by atoms with Gasteiger partial charge in [0.2, 0.25) is 12.0 Å². The summed E-state index contributed by atoms with van der Waals surface area (Å²) in [4.78, 5) is 35.2. The summed E-state index contributed by atoms with van der Waals surface area (Å²) in [6, 6.07) is 6.67. The van der Waals surface area contributed by atoms with Gasteiger partial charge in [-0.3, -0.25) is 14.6 Å². The number of hydrogen-bond acceptors (Lipinski definition) is 5. The van der Waals surface area contributed by atoms with E-state index >= 15 is 0 Å². The Morgan fingerprint density at radius 3 is 2.36 bits per heavy atom. The number of oxime groups is 1. The maximum absolute atomic E-state index is 12.9. The molecule has 2 atom stereocenters. The van der Waals surface area contributed by atoms with Gasteiger partial charge in [-0.1, -0.05) is 28.4 Å². The number of imide groups is 1. The van der Waals surface area contributed by atoms with Crippen LogP contribution in [0.15, 0.2) is 41.7 Å². The fraction of sp³-hybridized carbons (Fsp3) is 0.176. The fourth-order valence-corrected chi connectivity index (χ4v) is 3.39. The molecule has 6 nitrogen and oxygen atoms in total. The van der Waals surface area contributed by atoms with Crippen LogP contribution in [-0.4, -0.2) is 28.6 Å². The molecule has 2 aromatic rings. The number of carbonyl (C=O) groups is 2. The average molecular weight is 430 g/mol. The normalized spacial score (nSPS) is 21.6. The Balaban J connectivity index is 1.69. The van der Waals surface area contributed by atoms with E-state index in [9.17, 15) is 22.8 Å². The zero-order chi connectivity index (χ0) is 20.2. The van der Waals surface area contributed by atoms with Gasteiger partial charge >= 0.3 is 6.18 Å². The summed E-state index contributed by atoms with van der Waals surface area (Å²) in [6.45, 7) is 0. The Hall–Kier alpha value is -2.65. The highest BCUT2D eigenvalue weighted by atomic mass is 35.5. The number of rotatable bonds is 2. The smallest absolute Gasteiger partial charge is 0.381 e. The second-order valence-corrected chi connectivity index (χ2v) is 6.86. The van der Waals surface area contributed by atoms with E-state index in [4.69, 9.17) is 28.0 Å². The predicted molar refractivity (Wildman–Crippen MR) is 93.1 cm³/mol. The van der Waals surface area contributed by atoms with Crippen LogP contribution in [0.1, 0.15) is 11.3 Å². The molecule has 0 N–H and O–H groups in total. The van der Waals surface area contributed by atoms with Crippen LogP contribution in [0.2, 0.25) is 10.0 Å². The molecule has 2 amide bonds. The molecule has 4 rings (SSSR count). The summed E-state index contributed by atoms with van der Waals surface area (Å²) in [5, 5.41) is 3.75. The van der Waals surface area contributed by atoms with E-state index in [1.807, 2.05) is 0 Å². The molecule has 1 saturated heterocycles. The quantitative estimate of drug-likeness (QED) is 0.682. The fourth-order valence-electron chi connectivity index (χ4n) is 3.00. The first kappa shape index (κ1) is 18.7. The molecule has 0 bridgehead atoms. The lowest BCUT2D eigenvalue weighted by Gasteiger charge is -2.15. The Morgan fingerprint density at radius 2 is 1.75 bits per heavy atom. The number of alkyl halides is 3. The first-order valence-corrected chi connectivity index (χ1v) is 8.54. The molecule has 28 heavy (non-hydrogen) atoms. The summed E-state index contributed by atoms with van der Waals surface area (Å²) < 4.78 is 38.4. The molecule has 0 aliphatic carbocycles. The zero-order valence-corrected chi connectivity index (χ0v) is 15.1. The van der Waals surface area contributed by atoms with Crippen LogP contribution in [0.5, 0.6) is 0 Å². The van der Waals surface area contributed by atoms with Crippen LogP contribution in [0.4, 0.5) is 18.9 Å². The number of halogens is 5. The van der Waals surface area contributed by atoms with Crippen molar-refractivity contribution in [3.8, 4) is 0 Å². The number of carbonyl (C=O) groups excluding carboxylic acids is 2. The highest BCUT2D eigenvalue weighted by molar-refractivity contribution is 6.37. The van der Waals surface area contributed by atoms with Crippen molar-refractivity contribution in [3.05, 3.63) is 57.8 Å². The zero-order valence-electron chi connectivity index (χ0n) is 13.6. The van der Waals surface area contributed by atoms with Crippen molar-refractivity contribution in [1.29, 1.82) is 0 Å². The third-order valence-electron chi connectivity index (χ3n) is 4.31. The molecule has 1 aromatic carbocycles. The van der Waals surface area contributed by atoms with Gasteiger partial charge in [0.1, 0.15) is 17.3 Å². The Morgan fingerprint density at radius 1 is 1.07 bits per heavy atom. The third-order valence-corrected chi connectivity index (χ3v) is 4.85. The largest absolute Gasteiger partial charge is 0.417 e. The standard InChI is InChI=1S/C17H8Cl2F3N3O3/c18-8-1-3-9(4-2-8)25-15(26)11-13(24-28-14(11)16(25)27)12-10(19)5-7(6-23-12)17(20,21)22/h1-6,11,14H/t11-,14+/m1/s1. The molecule has 2 aliphatic heterocycles. The molecule has 0 unspecified atom stereocenters. The molecular weight excluding hydrogens is 422 g/mol. The van der Waals surface area contributed by atoms with Gasteiger partial charge in [0, 0.05) is 11.2 Å². The highest BCUT2D eigenvalue weighted by Gasteiger charge is 2.56. The van der Waals surface area contributed by atoms with Crippen LogP contribution >= 0.6 is 23.2 Å². The van der Waals surface area contributed by atoms with Crippen molar-refractivity contribution in [3.63, 3.8) is 0 Å². The number of hydrogen-bond donors (Lipinski definition) is 0. The Bertz CT molecular complexity index is 1020. The number of aromatic nitrogens is 1. The summed E-state index contributed by atoms with van der Waals surface area (Å²) in [5.41, 5.74) is -1.02. The van der Waals surface area contributed by atoms with E-state index < -0.39 is 35.6 Å². The van der Waals surface area contributed by atoms with E-state index in [0.29, 0.717) is 17.3 Å². The highest BCUT2D eigenvalue weighted by Crippen LogP contribution is 2.37. The number of anilines is 1. The minimum atomic E-state index is -4.63. The topological polar surface area (TPSA) is 71.9 Å². The van der Waals surface area contributed by atoms with E-state index in [0.717, 1.165) is 4.90 Å². The third kappa shape index (κ3) is 2.91. The molecular formula is C17H8Cl2F3N3O3.